The van der Waals surface area contributed by atoms with Gasteiger partial charge in [0.25, 0.3) is 0 Å². The Morgan fingerprint density at radius 1 is 1.32 bits per heavy atom. The van der Waals surface area contributed by atoms with E-state index in [1.807, 2.05) is 13.8 Å². The second-order valence-electron chi connectivity index (χ2n) is 6.30. The molecule has 9 heteroatoms. The number of nitrogens with zero attached hydrogens (tertiary/aromatic N) is 3. The Labute approximate surface area is 170 Å². The third-order valence-electron chi connectivity index (χ3n) is 4.48. The minimum Gasteiger partial charge on any atom is -0.368 e. The molecular weight excluding hydrogens is 399 g/mol. The maximum atomic E-state index is 13.5. The first kappa shape index (κ1) is 20.2. The van der Waals surface area contributed by atoms with Gasteiger partial charge < -0.3 is 10.6 Å². The van der Waals surface area contributed by atoms with E-state index in [1.54, 1.807) is 17.4 Å². The van der Waals surface area contributed by atoms with E-state index in [-0.39, 0.29) is 11.7 Å². The molecule has 0 spiro atoms. The Morgan fingerprint density at radius 3 is 2.75 bits per heavy atom. The van der Waals surface area contributed by atoms with E-state index in [1.165, 1.54) is 48.2 Å². The lowest BCUT2D eigenvalue weighted by molar-refractivity contribution is -0.136. The summed E-state index contributed by atoms with van der Waals surface area (Å²) in [6.45, 7) is 4.02. The van der Waals surface area contributed by atoms with Gasteiger partial charge in [-0.25, -0.2) is 14.4 Å². The molecule has 3 aromatic rings. The van der Waals surface area contributed by atoms with Crippen molar-refractivity contribution < 1.29 is 14.0 Å². The van der Waals surface area contributed by atoms with Gasteiger partial charge in [0.2, 0.25) is 11.8 Å². The Hall–Kier alpha value is -2.52. The normalized spacial score (nSPS) is 12.1. The van der Waals surface area contributed by atoms with Crippen LogP contribution in [0.4, 0.5) is 4.39 Å². The van der Waals surface area contributed by atoms with Crippen molar-refractivity contribution in [2.45, 2.75) is 24.9 Å². The standard InChI is InChI=1S/C19H19FN4O2S2/c1-10-11(2)28-19-15(10)18(22-9-23-19)27-8-14(25)24(3)16(17(21)26)12-5-4-6-13(20)7-12/h4-7,9,16H,8H2,1-3H3,(H2,21,26). The number of amides is 2. The van der Waals surface area contributed by atoms with Crippen LogP contribution in [0.2, 0.25) is 0 Å². The molecule has 0 saturated heterocycles. The summed E-state index contributed by atoms with van der Waals surface area (Å²) in [6, 6.07) is 4.48. The summed E-state index contributed by atoms with van der Waals surface area (Å²) in [5, 5.41) is 1.66. The summed E-state index contributed by atoms with van der Waals surface area (Å²) in [5.74, 6) is -1.46. The predicted molar refractivity (Wildman–Crippen MR) is 109 cm³/mol. The molecule has 1 unspecified atom stereocenters. The zero-order valence-electron chi connectivity index (χ0n) is 15.6. The number of hydrogen-bond donors (Lipinski definition) is 1. The number of halogens is 1. The third kappa shape index (κ3) is 4.00. The maximum Gasteiger partial charge on any atom is 0.244 e. The summed E-state index contributed by atoms with van der Waals surface area (Å²) in [6.07, 6.45) is 1.48. The molecule has 3 rings (SSSR count). The molecule has 0 aliphatic rings. The molecule has 28 heavy (non-hydrogen) atoms. The third-order valence-corrected chi connectivity index (χ3v) is 6.57. The van der Waals surface area contributed by atoms with Crippen molar-refractivity contribution in [3.8, 4) is 0 Å². The topological polar surface area (TPSA) is 89.2 Å². The van der Waals surface area contributed by atoms with Crippen molar-refractivity contribution in [3.63, 3.8) is 0 Å². The van der Waals surface area contributed by atoms with Gasteiger partial charge in [0.05, 0.1) is 5.75 Å². The average molecular weight is 419 g/mol. The van der Waals surface area contributed by atoms with Crippen LogP contribution < -0.4 is 5.73 Å². The summed E-state index contributed by atoms with van der Waals surface area (Å²) >= 11 is 2.86. The van der Waals surface area contributed by atoms with Gasteiger partial charge in [0, 0.05) is 17.3 Å². The lowest BCUT2D eigenvalue weighted by Crippen LogP contribution is -2.40. The number of hydrogen-bond acceptors (Lipinski definition) is 6. The molecule has 2 N–H and O–H groups in total. The van der Waals surface area contributed by atoms with Crippen molar-refractivity contribution in [1.29, 1.82) is 0 Å². The van der Waals surface area contributed by atoms with E-state index in [0.29, 0.717) is 5.56 Å². The molecule has 1 atom stereocenters. The van der Waals surface area contributed by atoms with Gasteiger partial charge in [0.1, 0.15) is 28.0 Å². The number of aryl methyl sites for hydroxylation is 2. The lowest BCUT2D eigenvalue weighted by atomic mass is 10.0. The summed E-state index contributed by atoms with van der Waals surface area (Å²) in [7, 11) is 1.48. The van der Waals surface area contributed by atoms with Crippen molar-refractivity contribution >= 4 is 45.1 Å². The first-order valence-corrected chi connectivity index (χ1v) is 10.2. The summed E-state index contributed by atoms with van der Waals surface area (Å²) in [4.78, 5) is 36.5. The number of benzene rings is 1. The van der Waals surface area contributed by atoms with Gasteiger partial charge in [-0.2, -0.15) is 0 Å². The van der Waals surface area contributed by atoms with Crippen LogP contribution in [-0.4, -0.2) is 39.5 Å². The van der Waals surface area contributed by atoms with Crippen LogP contribution in [0, 0.1) is 19.7 Å². The number of rotatable bonds is 6. The Kier molecular flexibility index (Phi) is 5.95. The van der Waals surface area contributed by atoms with E-state index < -0.39 is 17.8 Å². The predicted octanol–water partition coefficient (Wildman–Crippen LogP) is 3.22. The van der Waals surface area contributed by atoms with E-state index in [9.17, 15) is 14.0 Å². The van der Waals surface area contributed by atoms with Crippen molar-refractivity contribution in [2.75, 3.05) is 12.8 Å². The van der Waals surface area contributed by atoms with Gasteiger partial charge in [-0.1, -0.05) is 23.9 Å². The van der Waals surface area contributed by atoms with Crippen molar-refractivity contribution in [2.24, 2.45) is 5.73 Å². The van der Waals surface area contributed by atoms with Crippen LogP contribution in [-0.2, 0) is 9.59 Å². The zero-order valence-corrected chi connectivity index (χ0v) is 17.2. The molecule has 1 aromatic carbocycles. The average Bonchev–Trinajstić information content (AvgIpc) is 2.94. The van der Waals surface area contributed by atoms with Crippen LogP contribution in [0.3, 0.4) is 0 Å². The molecule has 146 valence electrons. The number of carbonyl (C=O) groups is 2. The molecule has 6 nitrogen and oxygen atoms in total. The van der Waals surface area contributed by atoms with Crippen molar-refractivity contribution in [1.82, 2.24) is 14.9 Å². The van der Waals surface area contributed by atoms with Crippen LogP contribution in [0.25, 0.3) is 10.2 Å². The molecule has 0 aliphatic heterocycles. The molecule has 2 aromatic heterocycles. The van der Waals surface area contributed by atoms with E-state index in [2.05, 4.69) is 9.97 Å². The quantitative estimate of drug-likeness (QED) is 0.490. The first-order valence-electron chi connectivity index (χ1n) is 8.43. The molecule has 0 radical (unpaired) electrons. The fourth-order valence-corrected chi connectivity index (χ4v) is 4.93. The number of primary amides is 1. The molecule has 0 saturated carbocycles. The molecule has 0 fully saturated rings. The molecular formula is C19H19FN4O2S2. The van der Waals surface area contributed by atoms with Crippen LogP contribution in [0.15, 0.2) is 35.6 Å². The highest BCUT2D eigenvalue weighted by Crippen LogP contribution is 2.34. The second-order valence-corrected chi connectivity index (χ2v) is 8.46. The summed E-state index contributed by atoms with van der Waals surface area (Å²) < 4.78 is 13.5. The number of thiophene rings is 1. The number of nitrogens with two attached hydrogens (primary N) is 1. The molecule has 2 amide bonds. The number of carbonyl (C=O) groups excluding carboxylic acids is 2. The van der Waals surface area contributed by atoms with E-state index in [4.69, 9.17) is 5.73 Å². The first-order chi connectivity index (χ1) is 13.3. The SMILES string of the molecule is Cc1sc2ncnc(SCC(=O)N(C)C(C(N)=O)c3cccc(F)c3)c2c1C. The minimum atomic E-state index is -1.04. The van der Waals surface area contributed by atoms with Crippen molar-refractivity contribution in [3.05, 3.63) is 52.4 Å². The highest BCUT2D eigenvalue weighted by atomic mass is 32.2. The van der Waals surface area contributed by atoms with Gasteiger partial charge in [-0.15, -0.1) is 11.3 Å². The number of thioether (sulfide) groups is 1. The van der Waals surface area contributed by atoms with Gasteiger partial charge in [0.15, 0.2) is 0 Å². The number of aromatic nitrogens is 2. The van der Waals surface area contributed by atoms with Gasteiger partial charge in [-0.3, -0.25) is 9.59 Å². The fraction of sp³-hybridized carbons (Fsp3) is 0.263. The van der Waals surface area contributed by atoms with E-state index >= 15 is 0 Å². The highest BCUT2D eigenvalue weighted by Gasteiger charge is 2.27. The largest absolute Gasteiger partial charge is 0.368 e. The smallest absolute Gasteiger partial charge is 0.244 e. The molecule has 2 heterocycles. The van der Waals surface area contributed by atoms with Gasteiger partial charge >= 0.3 is 0 Å². The van der Waals surface area contributed by atoms with Crippen LogP contribution in [0.5, 0.6) is 0 Å². The van der Waals surface area contributed by atoms with Gasteiger partial charge in [-0.05, 0) is 37.1 Å². The van der Waals surface area contributed by atoms with Crippen LogP contribution in [0.1, 0.15) is 22.0 Å². The Bertz CT molecular complexity index is 1050. The second kappa shape index (κ2) is 8.24. The fourth-order valence-electron chi connectivity index (χ4n) is 2.89. The Morgan fingerprint density at radius 2 is 2.07 bits per heavy atom. The maximum absolute atomic E-state index is 13.5. The van der Waals surface area contributed by atoms with E-state index in [0.717, 1.165) is 25.7 Å². The lowest BCUT2D eigenvalue weighted by Gasteiger charge is -2.26. The highest BCUT2D eigenvalue weighted by molar-refractivity contribution is 8.00. The number of fused-ring (bicyclic) bond motifs is 1. The zero-order chi connectivity index (χ0) is 20.4. The minimum absolute atomic E-state index is 0.0655. The summed E-state index contributed by atoms with van der Waals surface area (Å²) in [5.41, 5.74) is 6.91. The molecule has 0 bridgehead atoms. The van der Waals surface area contributed by atoms with Crippen LogP contribution >= 0.6 is 23.1 Å². The Balaban J connectivity index is 1.80. The monoisotopic (exact) mass is 418 g/mol. The number of likely N-dealkylation sites (N-methyl/N-ethyl adjacent to an activating group) is 1. The molecule has 0 aliphatic carbocycles.